The highest BCUT2D eigenvalue weighted by Crippen LogP contribution is 2.36. The van der Waals surface area contributed by atoms with Crippen molar-refractivity contribution in [3.63, 3.8) is 0 Å². The molecule has 0 radical (unpaired) electrons. The molecule has 118 valence electrons. The first-order valence-corrected chi connectivity index (χ1v) is 7.59. The van der Waals surface area contributed by atoms with Crippen LogP contribution in [0.5, 0.6) is 0 Å². The third kappa shape index (κ3) is 2.84. The van der Waals surface area contributed by atoms with E-state index in [0.29, 0.717) is 24.7 Å². The van der Waals surface area contributed by atoms with Crippen LogP contribution in [0.25, 0.3) is 11.6 Å². The van der Waals surface area contributed by atoms with Gasteiger partial charge in [0.05, 0.1) is 12.8 Å². The SMILES string of the molecule is CC(C)C(=O)NCCn1nc(-c2ccco2)n(C2CC2)c1=O. The van der Waals surface area contributed by atoms with Gasteiger partial charge in [-0.25, -0.2) is 9.48 Å². The van der Waals surface area contributed by atoms with E-state index < -0.39 is 0 Å². The van der Waals surface area contributed by atoms with Gasteiger partial charge in [-0.05, 0) is 25.0 Å². The molecule has 3 rings (SSSR count). The van der Waals surface area contributed by atoms with E-state index in [1.165, 1.54) is 4.68 Å². The topological polar surface area (TPSA) is 82.1 Å². The van der Waals surface area contributed by atoms with Crippen LogP contribution in [0.15, 0.2) is 27.6 Å². The Labute approximate surface area is 127 Å². The molecule has 1 amide bonds. The maximum absolute atomic E-state index is 12.5. The van der Waals surface area contributed by atoms with Crippen LogP contribution < -0.4 is 11.0 Å². The maximum Gasteiger partial charge on any atom is 0.346 e. The lowest BCUT2D eigenvalue weighted by Crippen LogP contribution is -2.34. The van der Waals surface area contributed by atoms with Crippen molar-refractivity contribution in [3.8, 4) is 11.6 Å². The summed E-state index contributed by atoms with van der Waals surface area (Å²) in [5.74, 6) is 1.06. The van der Waals surface area contributed by atoms with Gasteiger partial charge < -0.3 is 9.73 Å². The first kappa shape index (κ1) is 14.6. The second-order valence-electron chi connectivity index (χ2n) is 5.85. The smallest absolute Gasteiger partial charge is 0.346 e. The molecule has 0 spiro atoms. The molecule has 1 N–H and O–H groups in total. The number of furan rings is 1. The number of nitrogens with one attached hydrogen (secondary N) is 1. The highest BCUT2D eigenvalue weighted by atomic mass is 16.3. The lowest BCUT2D eigenvalue weighted by atomic mass is 10.2. The zero-order valence-electron chi connectivity index (χ0n) is 12.8. The summed E-state index contributed by atoms with van der Waals surface area (Å²) < 4.78 is 8.47. The van der Waals surface area contributed by atoms with Crippen LogP contribution in [0.4, 0.5) is 0 Å². The molecule has 7 nitrogen and oxygen atoms in total. The number of nitrogens with zero attached hydrogens (tertiary/aromatic N) is 3. The summed E-state index contributed by atoms with van der Waals surface area (Å²) in [6.07, 6.45) is 3.55. The van der Waals surface area contributed by atoms with E-state index in [9.17, 15) is 9.59 Å². The van der Waals surface area contributed by atoms with Crippen molar-refractivity contribution in [2.24, 2.45) is 5.92 Å². The summed E-state index contributed by atoms with van der Waals surface area (Å²) in [6, 6.07) is 3.79. The Morgan fingerprint density at radius 2 is 2.27 bits per heavy atom. The summed E-state index contributed by atoms with van der Waals surface area (Å²) in [6.45, 7) is 4.40. The number of carbonyl (C=O) groups is 1. The molecule has 2 aromatic rings. The predicted octanol–water partition coefficient (Wildman–Crippen LogP) is 1.41. The number of amides is 1. The standard InChI is InChI=1S/C15H20N4O3/c1-10(2)14(20)16-7-8-18-15(21)19(11-5-6-11)13(17-18)12-4-3-9-22-12/h3-4,9-11H,5-8H2,1-2H3,(H,16,20). The van der Waals surface area contributed by atoms with Crippen molar-refractivity contribution >= 4 is 5.91 Å². The number of aromatic nitrogens is 3. The maximum atomic E-state index is 12.5. The quantitative estimate of drug-likeness (QED) is 0.875. The fourth-order valence-corrected chi connectivity index (χ4v) is 2.29. The minimum absolute atomic E-state index is 0.0269. The fourth-order valence-electron chi connectivity index (χ4n) is 2.29. The third-order valence-electron chi connectivity index (χ3n) is 3.67. The molecular weight excluding hydrogens is 284 g/mol. The van der Waals surface area contributed by atoms with E-state index in [2.05, 4.69) is 10.4 Å². The highest BCUT2D eigenvalue weighted by Gasteiger charge is 2.31. The van der Waals surface area contributed by atoms with Crippen LogP contribution in [0.1, 0.15) is 32.7 Å². The Bertz CT molecular complexity index is 708. The number of hydrogen-bond donors (Lipinski definition) is 1. The Morgan fingerprint density at radius 1 is 1.50 bits per heavy atom. The first-order valence-electron chi connectivity index (χ1n) is 7.59. The Hall–Kier alpha value is -2.31. The van der Waals surface area contributed by atoms with Crippen molar-refractivity contribution in [2.75, 3.05) is 6.54 Å². The van der Waals surface area contributed by atoms with E-state index in [-0.39, 0.29) is 23.6 Å². The molecule has 22 heavy (non-hydrogen) atoms. The predicted molar refractivity (Wildman–Crippen MR) is 80.3 cm³/mol. The van der Waals surface area contributed by atoms with E-state index in [1.54, 1.807) is 23.0 Å². The molecule has 1 aliphatic carbocycles. The summed E-state index contributed by atoms with van der Waals surface area (Å²) >= 11 is 0. The minimum Gasteiger partial charge on any atom is -0.461 e. The molecule has 7 heteroatoms. The zero-order valence-corrected chi connectivity index (χ0v) is 12.8. The van der Waals surface area contributed by atoms with Gasteiger partial charge in [0.2, 0.25) is 11.7 Å². The van der Waals surface area contributed by atoms with Gasteiger partial charge in [-0.2, -0.15) is 0 Å². The lowest BCUT2D eigenvalue weighted by molar-refractivity contribution is -0.124. The summed E-state index contributed by atoms with van der Waals surface area (Å²) in [7, 11) is 0. The van der Waals surface area contributed by atoms with Crippen LogP contribution in [-0.2, 0) is 11.3 Å². The van der Waals surface area contributed by atoms with Crippen LogP contribution in [0.3, 0.4) is 0 Å². The molecule has 0 saturated heterocycles. The molecule has 0 aromatic carbocycles. The van der Waals surface area contributed by atoms with Gasteiger partial charge in [-0.1, -0.05) is 13.8 Å². The van der Waals surface area contributed by atoms with Gasteiger partial charge in [0.15, 0.2) is 5.76 Å². The first-order chi connectivity index (χ1) is 10.6. The molecule has 1 saturated carbocycles. The van der Waals surface area contributed by atoms with Gasteiger partial charge in [0, 0.05) is 18.5 Å². The van der Waals surface area contributed by atoms with Crippen molar-refractivity contribution in [3.05, 3.63) is 28.9 Å². The molecular formula is C15H20N4O3. The molecule has 1 fully saturated rings. The van der Waals surface area contributed by atoms with Crippen molar-refractivity contribution < 1.29 is 9.21 Å². The van der Waals surface area contributed by atoms with Gasteiger partial charge >= 0.3 is 5.69 Å². The average molecular weight is 304 g/mol. The normalized spacial score (nSPS) is 14.5. The Balaban J connectivity index is 1.79. The van der Waals surface area contributed by atoms with Gasteiger partial charge in [0.1, 0.15) is 0 Å². The van der Waals surface area contributed by atoms with Gasteiger partial charge in [-0.15, -0.1) is 5.10 Å². The average Bonchev–Trinajstić information content (AvgIpc) is 3.06. The minimum atomic E-state index is -0.146. The second kappa shape index (κ2) is 5.82. The summed E-state index contributed by atoms with van der Waals surface area (Å²) in [4.78, 5) is 24.0. The molecule has 2 aromatic heterocycles. The molecule has 0 unspecified atom stereocenters. The Morgan fingerprint density at radius 3 is 2.86 bits per heavy atom. The molecule has 0 atom stereocenters. The number of rotatable bonds is 6. The summed E-state index contributed by atoms with van der Waals surface area (Å²) in [5.41, 5.74) is -0.146. The molecule has 0 bridgehead atoms. The molecule has 2 heterocycles. The number of hydrogen-bond acceptors (Lipinski definition) is 4. The molecule has 1 aliphatic rings. The van der Waals surface area contributed by atoms with Crippen molar-refractivity contribution in [2.45, 2.75) is 39.3 Å². The fraction of sp³-hybridized carbons (Fsp3) is 0.533. The lowest BCUT2D eigenvalue weighted by Gasteiger charge is -2.06. The van der Waals surface area contributed by atoms with E-state index in [0.717, 1.165) is 12.8 Å². The van der Waals surface area contributed by atoms with E-state index in [4.69, 9.17) is 4.42 Å². The Kier molecular flexibility index (Phi) is 3.87. The van der Waals surface area contributed by atoms with Gasteiger partial charge in [-0.3, -0.25) is 9.36 Å². The third-order valence-corrected chi connectivity index (χ3v) is 3.67. The highest BCUT2D eigenvalue weighted by molar-refractivity contribution is 5.77. The van der Waals surface area contributed by atoms with Crippen molar-refractivity contribution in [1.29, 1.82) is 0 Å². The largest absolute Gasteiger partial charge is 0.461 e. The van der Waals surface area contributed by atoms with Crippen LogP contribution in [0.2, 0.25) is 0 Å². The van der Waals surface area contributed by atoms with Crippen LogP contribution in [0, 0.1) is 5.92 Å². The van der Waals surface area contributed by atoms with Crippen molar-refractivity contribution in [1.82, 2.24) is 19.7 Å². The van der Waals surface area contributed by atoms with Crippen LogP contribution >= 0.6 is 0 Å². The van der Waals surface area contributed by atoms with E-state index in [1.807, 2.05) is 13.8 Å². The second-order valence-corrected chi connectivity index (χ2v) is 5.85. The number of carbonyl (C=O) groups excluding carboxylic acids is 1. The van der Waals surface area contributed by atoms with Gasteiger partial charge in [0.25, 0.3) is 0 Å². The van der Waals surface area contributed by atoms with E-state index >= 15 is 0 Å². The zero-order chi connectivity index (χ0) is 15.7. The van der Waals surface area contributed by atoms with Crippen LogP contribution in [-0.4, -0.2) is 26.8 Å². The monoisotopic (exact) mass is 304 g/mol. The summed E-state index contributed by atoms with van der Waals surface area (Å²) in [5, 5.41) is 7.17. The molecule has 0 aliphatic heterocycles.